The fourth-order valence-electron chi connectivity index (χ4n) is 5.23. The summed E-state index contributed by atoms with van der Waals surface area (Å²) in [5.74, 6) is -1.40. The number of nitrogens with one attached hydrogen (secondary N) is 1. The molecule has 0 spiro atoms. The van der Waals surface area contributed by atoms with Crippen molar-refractivity contribution in [2.75, 3.05) is 0 Å². The van der Waals surface area contributed by atoms with Crippen LogP contribution in [0, 0.1) is 11.8 Å². The lowest BCUT2D eigenvalue weighted by Gasteiger charge is -2.22. The number of nitrogens with zero attached hydrogens (tertiary/aromatic N) is 2. The van der Waals surface area contributed by atoms with Crippen molar-refractivity contribution in [3.8, 4) is 0 Å². The molecule has 1 fully saturated rings. The molecule has 35 heavy (non-hydrogen) atoms. The lowest BCUT2D eigenvalue weighted by atomic mass is 9.84. The molecule has 3 aromatic rings. The van der Waals surface area contributed by atoms with E-state index in [1.165, 1.54) is 37.6 Å². The summed E-state index contributed by atoms with van der Waals surface area (Å²) in [5, 5.41) is 16.7. The second kappa shape index (κ2) is 11.2. The van der Waals surface area contributed by atoms with E-state index in [2.05, 4.69) is 45.0 Å². The third-order valence-electron chi connectivity index (χ3n) is 6.96. The zero-order chi connectivity index (χ0) is 24.8. The summed E-state index contributed by atoms with van der Waals surface area (Å²) < 4.78 is 2.35. The van der Waals surface area contributed by atoms with Gasteiger partial charge >= 0.3 is 11.9 Å². The van der Waals surface area contributed by atoms with Crippen LogP contribution in [0.5, 0.6) is 0 Å². The minimum atomic E-state index is -1.26. The van der Waals surface area contributed by atoms with E-state index >= 15 is 0 Å². The molecule has 8 nitrogen and oxygen atoms in total. The Morgan fingerprint density at radius 3 is 2.46 bits per heavy atom. The first-order chi connectivity index (χ1) is 16.9. The zero-order valence-electron chi connectivity index (χ0n) is 19.7. The van der Waals surface area contributed by atoms with Crippen LogP contribution >= 0.6 is 0 Å². The Morgan fingerprint density at radius 1 is 1.03 bits per heavy atom. The number of carboxylic acids is 2. The van der Waals surface area contributed by atoms with Crippen LogP contribution in [-0.4, -0.2) is 42.5 Å². The highest BCUT2D eigenvalue weighted by atomic mass is 16.4. The van der Waals surface area contributed by atoms with Crippen molar-refractivity contribution >= 4 is 28.6 Å². The first-order valence-corrected chi connectivity index (χ1v) is 12.2. The van der Waals surface area contributed by atoms with E-state index in [1.807, 2.05) is 0 Å². The normalized spacial score (nSPS) is 18.1. The summed E-state index contributed by atoms with van der Waals surface area (Å²) in [6.07, 6.45) is 14.3. The predicted octanol–water partition coefficient (Wildman–Crippen LogP) is 4.64. The molecule has 0 radical (unpaired) electrons. The SMILES string of the molecule is O=C(O)C=CC(=O)O.O=C(c1cn(CC2CCCCC2)c2ccccc12)C1CCc2nc[nH]c2C1. The molecule has 2 aliphatic carbocycles. The Kier molecular flexibility index (Phi) is 7.80. The van der Waals surface area contributed by atoms with Crippen molar-refractivity contribution in [3.05, 3.63) is 65.9 Å². The van der Waals surface area contributed by atoms with E-state index < -0.39 is 11.9 Å². The lowest BCUT2D eigenvalue weighted by molar-refractivity contribution is -0.134. The second-order valence-electron chi connectivity index (χ2n) is 9.36. The smallest absolute Gasteiger partial charge is 0.328 e. The highest BCUT2D eigenvalue weighted by Gasteiger charge is 2.29. The van der Waals surface area contributed by atoms with Gasteiger partial charge in [-0.2, -0.15) is 0 Å². The number of carbonyl (C=O) groups is 3. The number of ketones is 1. The van der Waals surface area contributed by atoms with Crippen LogP contribution in [0.15, 0.2) is 48.9 Å². The number of hydrogen-bond donors (Lipinski definition) is 3. The number of imidazole rings is 1. The van der Waals surface area contributed by atoms with E-state index in [9.17, 15) is 14.4 Å². The summed E-state index contributed by atoms with van der Waals surface area (Å²) in [4.78, 5) is 40.1. The number of aliphatic carboxylic acids is 2. The second-order valence-corrected chi connectivity index (χ2v) is 9.36. The quantitative estimate of drug-likeness (QED) is 0.351. The molecule has 1 unspecified atom stereocenters. The summed E-state index contributed by atoms with van der Waals surface area (Å²) >= 11 is 0. The molecule has 1 saturated carbocycles. The van der Waals surface area contributed by atoms with Crippen molar-refractivity contribution < 1.29 is 24.6 Å². The average Bonchev–Trinajstić information content (AvgIpc) is 3.48. The van der Waals surface area contributed by atoms with E-state index in [-0.39, 0.29) is 5.92 Å². The summed E-state index contributed by atoms with van der Waals surface area (Å²) in [5.41, 5.74) is 4.41. The largest absolute Gasteiger partial charge is 0.478 e. The van der Waals surface area contributed by atoms with Gasteiger partial charge < -0.3 is 19.8 Å². The van der Waals surface area contributed by atoms with Crippen LogP contribution in [0.4, 0.5) is 0 Å². The van der Waals surface area contributed by atoms with Crippen molar-refractivity contribution in [2.24, 2.45) is 11.8 Å². The highest BCUT2D eigenvalue weighted by molar-refractivity contribution is 6.09. The Hall–Kier alpha value is -3.68. The Morgan fingerprint density at radius 2 is 1.74 bits per heavy atom. The van der Waals surface area contributed by atoms with Gasteiger partial charge in [-0.05, 0) is 44.1 Å². The first kappa shape index (κ1) is 24.4. The van der Waals surface area contributed by atoms with Crippen LogP contribution in [0.2, 0.25) is 0 Å². The van der Waals surface area contributed by atoms with Crippen LogP contribution in [0.3, 0.4) is 0 Å². The van der Waals surface area contributed by atoms with Gasteiger partial charge in [0.15, 0.2) is 5.78 Å². The molecule has 184 valence electrons. The maximum Gasteiger partial charge on any atom is 0.328 e. The molecule has 3 N–H and O–H groups in total. The molecule has 8 heteroatoms. The van der Waals surface area contributed by atoms with E-state index in [4.69, 9.17) is 10.2 Å². The molecule has 2 aliphatic rings. The van der Waals surface area contributed by atoms with Gasteiger partial charge in [-0.25, -0.2) is 14.6 Å². The van der Waals surface area contributed by atoms with Gasteiger partial charge in [0.25, 0.3) is 0 Å². The fraction of sp³-hybridized carbons (Fsp3) is 0.407. The average molecular weight is 478 g/mol. The van der Waals surface area contributed by atoms with E-state index in [0.29, 0.717) is 17.9 Å². The minimum Gasteiger partial charge on any atom is -0.478 e. The number of aromatic amines is 1. The molecule has 2 aromatic heterocycles. The molecular weight excluding hydrogens is 446 g/mol. The number of aromatic nitrogens is 3. The number of para-hydroxylation sites is 1. The van der Waals surface area contributed by atoms with Gasteiger partial charge in [-0.1, -0.05) is 37.5 Å². The number of fused-ring (bicyclic) bond motifs is 2. The van der Waals surface area contributed by atoms with Gasteiger partial charge in [-0.15, -0.1) is 0 Å². The molecule has 0 saturated heterocycles. The fourth-order valence-corrected chi connectivity index (χ4v) is 5.23. The van der Waals surface area contributed by atoms with E-state index in [0.717, 1.165) is 54.1 Å². The zero-order valence-corrected chi connectivity index (χ0v) is 19.7. The van der Waals surface area contributed by atoms with Crippen molar-refractivity contribution in [3.63, 3.8) is 0 Å². The highest BCUT2D eigenvalue weighted by Crippen LogP contribution is 2.32. The predicted molar refractivity (Wildman–Crippen MR) is 131 cm³/mol. The van der Waals surface area contributed by atoms with Crippen molar-refractivity contribution in [1.29, 1.82) is 0 Å². The molecule has 2 heterocycles. The molecule has 0 aliphatic heterocycles. The molecule has 0 bridgehead atoms. The summed E-state index contributed by atoms with van der Waals surface area (Å²) in [7, 11) is 0. The molecule has 1 atom stereocenters. The van der Waals surface area contributed by atoms with Crippen LogP contribution in [-0.2, 0) is 29.0 Å². The number of Topliss-reactive ketones (excluding diaryl/α,β-unsaturated/α-hetero) is 1. The summed E-state index contributed by atoms with van der Waals surface area (Å²) in [6, 6.07) is 8.43. The number of carboxylic acid groups (broad SMARTS) is 2. The van der Waals surface area contributed by atoms with Gasteiger partial charge in [-0.3, -0.25) is 4.79 Å². The topological polar surface area (TPSA) is 125 Å². The Bertz CT molecular complexity index is 1220. The molecular formula is C27H31N3O5. The molecule has 1 aromatic carbocycles. The lowest BCUT2D eigenvalue weighted by Crippen LogP contribution is -2.23. The van der Waals surface area contributed by atoms with Crippen LogP contribution in [0.1, 0.15) is 60.3 Å². The van der Waals surface area contributed by atoms with Crippen molar-refractivity contribution in [2.45, 2.75) is 57.9 Å². The first-order valence-electron chi connectivity index (χ1n) is 12.2. The van der Waals surface area contributed by atoms with E-state index in [1.54, 1.807) is 6.33 Å². The minimum absolute atomic E-state index is 0.0619. The number of rotatable bonds is 6. The monoisotopic (exact) mass is 477 g/mol. The Balaban J connectivity index is 0.000000314. The van der Waals surface area contributed by atoms with Gasteiger partial charge in [0, 0.05) is 53.0 Å². The van der Waals surface area contributed by atoms with Gasteiger partial charge in [0.2, 0.25) is 0 Å². The maximum absolute atomic E-state index is 13.4. The summed E-state index contributed by atoms with van der Waals surface area (Å²) in [6.45, 7) is 1.04. The third kappa shape index (κ3) is 6.07. The molecule has 5 rings (SSSR count). The molecule has 0 amide bonds. The van der Waals surface area contributed by atoms with Crippen LogP contribution < -0.4 is 0 Å². The third-order valence-corrected chi connectivity index (χ3v) is 6.96. The number of aryl methyl sites for hydroxylation is 1. The van der Waals surface area contributed by atoms with Gasteiger partial charge in [0.1, 0.15) is 0 Å². The number of hydrogen-bond acceptors (Lipinski definition) is 4. The van der Waals surface area contributed by atoms with Crippen LogP contribution in [0.25, 0.3) is 10.9 Å². The number of carbonyl (C=O) groups excluding carboxylic acids is 1. The Labute approximate surface area is 203 Å². The standard InChI is InChI=1S/C23H27N3O.C4H4O4/c27-23(17-10-11-20-21(12-17)25-15-24-20)19-14-26(13-16-6-2-1-3-7-16)22-9-5-4-8-18(19)22;5-3(6)1-2-4(7)8/h4-5,8-9,14-17H,1-3,6-7,10-13H2,(H,24,25);1-2H,(H,5,6)(H,7,8). The van der Waals surface area contributed by atoms with Gasteiger partial charge in [0.05, 0.1) is 12.0 Å². The van der Waals surface area contributed by atoms with Crippen molar-refractivity contribution in [1.82, 2.24) is 14.5 Å². The number of benzene rings is 1. The number of H-pyrrole nitrogens is 1. The maximum atomic E-state index is 13.4.